The fourth-order valence-corrected chi connectivity index (χ4v) is 3.08. The molecule has 0 fully saturated rings. The molecule has 3 rings (SSSR count). The summed E-state index contributed by atoms with van der Waals surface area (Å²) in [5.74, 6) is -1.30. The van der Waals surface area contributed by atoms with Gasteiger partial charge in [-0.15, -0.1) is 11.3 Å². The maximum atomic E-state index is 13.6. The van der Waals surface area contributed by atoms with Gasteiger partial charge in [0.2, 0.25) is 0 Å². The summed E-state index contributed by atoms with van der Waals surface area (Å²) in [4.78, 5) is 24.5. The number of imide groups is 1. The van der Waals surface area contributed by atoms with Gasteiger partial charge in [0.25, 0.3) is 11.8 Å². The van der Waals surface area contributed by atoms with Gasteiger partial charge < -0.3 is 4.74 Å². The number of thiophene rings is 1. The van der Waals surface area contributed by atoms with Gasteiger partial charge in [0.15, 0.2) is 0 Å². The zero-order chi connectivity index (χ0) is 16.4. The molecule has 0 aliphatic heterocycles. The third-order valence-corrected chi connectivity index (χ3v) is 4.41. The quantitative estimate of drug-likeness (QED) is 0.747. The first-order valence-electron chi connectivity index (χ1n) is 6.76. The van der Waals surface area contributed by atoms with Gasteiger partial charge in [-0.05, 0) is 41.8 Å². The molecule has 1 heterocycles. The minimum absolute atomic E-state index is 0.163. The van der Waals surface area contributed by atoms with Crippen LogP contribution in [0.1, 0.15) is 20.0 Å². The highest BCUT2D eigenvalue weighted by Crippen LogP contribution is 2.28. The molecule has 23 heavy (non-hydrogen) atoms. The van der Waals surface area contributed by atoms with Crippen LogP contribution in [0.5, 0.6) is 5.75 Å². The number of carbonyl (C=O) groups is 2. The highest BCUT2D eigenvalue weighted by atomic mass is 32.1. The third kappa shape index (κ3) is 3.07. The fourth-order valence-electron chi connectivity index (χ4n) is 2.14. The molecule has 0 saturated heterocycles. The highest BCUT2D eigenvalue weighted by molar-refractivity contribution is 7.20. The first-order valence-corrected chi connectivity index (χ1v) is 7.58. The molecule has 0 aliphatic rings. The summed E-state index contributed by atoms with van der Waals surface area (Å²) in [6.45, 7) is 0. The molecule has 0 atom stereocenters. The van der Waals surface area contributed by atoms with Gasteiger partial charge in [0.1, 0.15) is 11.6 Å². The second-order valence-corrected chi connectivity index (χ2v) is 5.86. The van der Waals surface area contributed by atoms with E-state index in [9.17, 15) is 14.0 Å². The van der Waals surface area contributed by atoms with Crippen molar-refractivity contribution in [2.75, 3.05) is 7.11 Å². The molecule has 1 N–H and O–H groups in total. The molecule has 0 aliphatic carbocycles. The number of benzene rings is 2. The van der Waals surface area contributed by atoms with Crippen molar-refractivity contribution in [2.45, 2.75) is 0 Å². The van der Waals surface area contributed by atoms with E-state index in [1.54, 1.807) is 25.3 Å². The van der Waals surface area contributed by atoms with E-state index in [1.807, 2.05) is 6.07 Å². The van der Waals surface area contributed by atoms with Crippen molar-refractivity contribution in [1.82, 2.24) is 5.32 Å². The average Bonchev–Trinajstić information content (AvgIpc) is 2.98. The first kappa shape index (κ1) is 15.2. The van der Waals surface area contributed by atoms with Gasteiger partial charge in [-0.2, -0.15) is 0 Å². The van der Waals surface area contributed by atoms with E-state index in [0.717, 1.165) is 10.1 Å². The van der Waals surface area contributed by atoms with Gasteiger partial charge in [-0.3, -0.25) is 14.9 Å². The average molecular weight is 329 g/mol. The highest BCUT2D eigenvalue weighted by Gasteiger charge is 2.17. The normalized spacial score (nSPS) is 10.5. The minimum Gasteiger partial charge on any atom is -0.497 e. The molecule has 2 amide bonds. The van der Waals surface area contributed by atoms with Crippen LogP contribution in [0, 0.1) is 5.82 Å². The molecule has 0 saturated carbocycles. The van der Waals surface area contributed by atoms with Crippen molar-refractivity contribution in [2.24, 2.45) is 0 Å². The van der Waals surface area contributed by atoms with Crippen LogP contribution in [0.15, 0.2) is 48.5 Å². The number of carbonyl (C=O) groups excluding carboxylic acids is 2. The number of nitrogens with one attached hydrogen (secondary N) is 1. The zero-order valence-corrected chi connectivity index (χ0v) is 12.9. The van der Waals surface area contributed by atoms with Crippen LogP contribution in [0.4, 0.5) is 4.39 Å². The number of rotatable bonds is 3. The summed E-state index contributed by atoms with van der Waals surface area (Å²) in [6, 6.07) is 12.6. The van der Waals surface area contributed by atoms with Crippen LogP contribution in [0.3, 0.4) is 0 Å². The van der Waals surface area contributed by atoms with Crippen LogP contribution in [0.25, 0.3) is 10.1 Å². The molecular formula is C17H12FNO3S. The number of halogens is 1. The van der Waals surface area contributed by atoms with Crippen molar-refractivity contribution >= 4 is 33.2 Å². The van der Waals surface area contributed by atoms with E-state index in [0.29, 0.717) is 10.6 Å². The molecule has 4 nitrogen and oxygen atoms in total. The van der Waals surface area contributed by atoms with Crippen molar-refractivity contribution in [1.29, 1.82) is 0 Å². The lowest BCUT2D eigenvalue weighted by atomic mass is 10.2. The van der Waals surface area contributed by atoms with Crippen LogP contribution >= 0.6 is 11.3 Å². The van der Waals surface area contributed by atoms with E-state index < -0.39 is 17.6 Å². The Kier molecular flexibility index (Phi) is 4.08. The number of amides is 2. The Balaban J connectivity index is 1.83. The van der Waals surface area contributed by atoms with Crippen molar-refractivity contribution in [3.05, 3.63) is 64.8 Å². The topological polar surface area (TPSA) is 55.4 Å². The van der Waals surface area contributed by atoms with E-state index in [-0.39, 0.29) is 5.56 Å². The maximum absolute atomic E-state index is 13.6. The van der Waals surface area contributed by atoms with Gasteiger partial charge in [-0.1, -0.05) is 12.1 Å². The van der Waals surface area contributed by atoms with Gasteiger partial charge >= 0.3 is 0 Å². The van der Waals surface area contributed by atoms with Crippen LogP contribution in [0.2, 0.25) is 0 Å². The number of methoxy groups -OCH3 is 1. The SMILES string of the molecule is COc1ccc2sc(C(=O)NC(=O)c3ccccc3F)cc2c1. The first-order chi connectivity index (χ1) is 11.1. The summed E-state index contributed by atoms with van der Waals surface area (Å²) in [5.41, 5.74) is -0.163. The third-order valence-electron chi connectivity index (χ3n) is 3.29. The molecule has 2 aromatic carbocycles. The smallest absolute Gasteiger partial charge is 0.268 e. The molecule has 3 aromatic rings. The molecule has 0 unspecified atom stereocenters. The standard InChI is InChI=1S/C17H12FNO3S/c1-22-11-6-7-14-10(8-11)9-15(23-14)17(21)19-16(20)12-4-2-3-5-13(12)18/h2-9H,1H3,(H,19,20,21). The predicted octanol–water partition coefficient (Wildman–Crippen LogP) is 3.62. The Morgan fingerprint density at radius 2 is 1.87 bits per heavy atom. The van der Waals surface area contributed by atoms with Crippen molar-refractivity contribution < 1.29 is 18.7 Å². The lowest BCUT2D eigenvalue weighted by Gasteiger charge is -2.03. The summed E-state index contributed by atoms with van der Waals surface area (Å²) in [6.07, 6.45) is 0. The van der Waals surface area contributed by atoms with Crippen LogP contribution in [-0.2, 0) is 0 Å². The largest absolute Gasteiger partial charge is 0.497 e. The van der Waals surface area contributed by atoms with Crippen molar-refractivity contribution in [3.8, 4) is 5.75 Å². The Bertz CT molecular complexity index is 904. The fraction of sp³-hybridized carbons (Fsp3) is 0.0588. The second kappa shape index (κ2) is 6.18. The molecule has 0 spiro atoms. The molecule has 1 aromatic heterocycles. The molecule has 6 heteroatoms. The Labute approximate surface area is 135 Å². The van der Waals surface area contributed by atoms with Crippen LogP contribution in [-0.4, -0.2) is 18.9 Å². The molecule has 116 valence electrons. The lowest BCUT2D eigenvalue weighted by Crippen LogP contribution is -2.30. The van der Waals surface area contributed by atoms with Gasteiger partial charge in [0, 0.05) is 4.70 Å². The monoisotopic (exact) mass is 329 g/mol. The van der Waals surface area contributed by atoms with Crippen LogP contribution < -0.4 is 10.1 Å². The number of ether oxygens (including phenoxy) is 1. The Hall–Kier alpha value is -2.73. The summed E-state index contributed by atoms with van der Waals surface area (Å²) in [7, 11) is 1.56. The van der Waals surface area contributed by atoms with Crippen molar-refractivity contribution in [3.63, 3.8) is 0 Å². The maximum Gasteiger partial charge on any atom is 0.268 e. The number of hydrogen-bond acceptors (Lipinski definition) is 4. The minimum atomic E-state index is -0.761. The lowest BCUT2D eigenvalue weighted by molar-refractivity contribution is 0.0849. The summed E-state index contributed by atoms with van der Waals surface area (Å²) < 4.78 is 19.6. The zero-order valence-electron chi connectivity index (χ0n) is 12.1. The predicted molar refractivity (Wildman–Crippen MR) is 86.6 cm³/mol. The van der Waals surface area contributed by atoms with Gasteiger partial charge in [-0.25, -0.2) is 4.39 Å². The summed E-state index contributed by atoms with van der Waals surface area (Å²) >= 11 is 1.25. The summed E-state index contributed by atoms with van der Waals surface area (Å²) in [5, 5.41) is 3.05. The molecular weight excluding hydrogens is 317 g/mol. The Morgan fingerprint density at radius 1 is 1.09 bits per heavy atom. The van der Waals surface area contributed by atoms with Gasteiger partial charge in [0.05, 0.1) is 17.6 Å². The van der Waals surface area contributed by atoms with E-state index in [2.05, 4.69) is 5.32 Å². The molecule has 0 radical (unpaired) electrons. The van der Waals surface area contributed by atoms with E-state index >= 15 is 0 Å². The van der Waals surface area contributed by atoms with E-state index in [1.165, 1.54) is 35.6 Å². The van der Waals surface area contributed by atoms with E-state index in [4.69, 9.17) is 4.74 Å². The Morgan fingerprint density at radius 3 is 2.61 bits per heavy atom. The molecule has 0 bridgehead atoms. The number of fused-ring (bicyclic) bond motifs is 1. The number of hydrogen-bond donors (Lipinski definition) is 1. The second-order valence-electron chi connectivity index (χ2n) is 4.78.